The molecule has 1 saturated heterocycles. The van der Waals surface area contributed by atoms with Crippen LogP contribution in [0.5, 0.6) is 5.75 Å². The Labute approximate surface area is 180 Å². The average Bonchev–Trinajstić information content (AvgIpc) is 3.13. The van der Waals surface area contributed by atoms with Crippen LogP contribution in [0.3, 0.4) is 0 Å². The summed E-state index contributed by atoms with van der Waals surface area (Å²) in [7, 11) is 1.66. The van der Waals surface area contributed by atoms with E-state index >= 15 is 0 Å². The fourth-order valence-electron chi connectivity index (χ4n) is 3.07. The standard InChI is InChI=1S/C22H36N4O4/c1-6-23-20(24-15-17-7-9-19(10-8-17)29-14-13-28-5)26-12-11-18(16-26)25-21(27)30-22(2,3)4/h7-10,18H,6,11-16H2,1-5H3,(H,23,24)(H,25,27). The van der Waals surface area contributed by atoms with Crippen LogP contribution in [-0.2, 0) is 16.0 Å². The minimum atomic E-state index is -0.497. The largest absolute Gasteiger partial charge is 0.491 e. The number of nitrogens with one attached hydrogen (secondary N) is 2. The highest BCUT2D eigenvalue weighted by Crippen LogP contribution is 2.15. The van der Waals surface area contributed by atoms with Crippen LogP contribution < -0.4 is 15.4 Å². The van der Waals surface area contributed by atoms with E-state index in [1.807, 2.05) is 52.0 Å². The van der Waals surface area contributed by atoms with Gasteiger partial charge in [0.2, 0.25) is 0 Å². The normalized spacial score (nSPS) is 17.0. The number of likely N-dealkylation sites (tertiary alicyclic amines) is 1. The lowest BCUT2D eigenvalue weighted by Gasteiger charge is -2.23. The number of ether oxygens (including phenoxy) is 3. The van der Waals surface area contributed by atoms with Crippen molar-refractivity contribution in [2.75, 3.05) is 40.0 Å². The molecule has 1 aromatic rings. The Bertz CT molecular complexity index is 685. The Morgan fingerprint density at radius 2 is 1.97 bits per heavy atom. The van der Waals surface area contributed by atoms with Crippen molar-refractivity contribution in [2.24, 2.45) is 4.99 Å². The first-order valence-electron chi connectivity index (χ1n) is 10.5. The van der Waals surface area contributed by atoms with Gasteiger partial charge in [-0.3, -0.25) is 0 Å². The molecule has 2 N–H and O–H groups in total. The third-order valence-electron chi connectivity index (χ3n) is 4.43. The van der Waals surface area contributed by atoms with Crippen molar-refractivity contribution in [3.05, 3.63) is 29.8 Å². The van der Waals surface area contributed by atoms with Crippen LogP contribution in [-0.4, -0.2) is 68.6 Å². The van der Waals surface area contributed by atoms with E-state index in [1.54, 1.807) is 7.11 Å². The van der Waals surface area contributed by atoms with Gasteiger partial charge in [-0.1, -0.05) is 12.1 Å². The van der Waals surface area contributed by atoms with Gasteiger partial charge in [0.1, 0.15) is 18.0 Å². The summed E-state index contributed by atoms with van der Waals surface area (Å²) in [5, 5.41) is 6.30. The van der Waals surface area contributed by atoms with Crippen LogP contribution in [0.15, 0.2) is 29.3 Å². The molecule has 1 amide bonds. The van der Waals surface area contributed by atoms with Gasteiger partial charge in [-0.25, -0.2) is 9.79 Å². The van der Waals surface area contributed by atoms with Gasteiger partial charge in [0, 0.05) is 26.7 Å². The molecule has 0 saturated carbocycles. The molecule has 1 aromatic carbocycles. The van der Waals surface area contributed by atoms with E-state index in [-0.39, 0.29) is 12.1 Å². The fourth-order valence-corrected chi connectivity index (χ4v) is 3.07. The Hall–Kier alpha value is -2.48. The highest BCUT2D eigenvalue weighted by atomic mass is 16.6. The lowest BCUT2D eigenvalue weighted by molar-refractivity contribution is 0.0507. The zero-order valence-electron chi connectivity index (χ0n) is 18.9. The number of rotatable bonds is 8. The van der Waals surface area contributed by atoms with E-state index in [4.69, 9.17) is 19.2 Å². The molecule has 0 aromatic heterocycles. The number of hydrogen-bond acceptors (Lipinski definition) is 5. The highest BCUT2D eigenvalue weighted by molar-refractivity contribution is 5.80. The van der Waals surface area contributed by atoms with Crippen molar-refractivity contribution in [1.82, 2.24) is 15.5 Å². The first-order valence-corrected chi connectivity index (χ1v) is 10.5. The molecule has 0 bridgehead atoms. The number of carbonyl (C=O) groups is 1. The Morgan fingerprint density at radius 3 is 2.60 bits per heavy atom. The van der Waals surface area contributed by atoms with Crippen molar-refractivity contribution < 1.29 is 19.0 Å². The van der Waals surface area contributed by atoms with Gasteiger partial charge in [-0.05, 0) is 51.8 Å². The number of hydrogen-bond donors (Lipinski definition) is 2. The summed E-state index contributed by atoms with van der Waals surface area (Å²) in [4.78, 5) is 19.0. The molecule has 8 heteroatoms. The number of alkyl carbamates (subject to hydrolysis) is 1. The lowest BCUT2D eigenvalue weighted by atomic mass is 10.2. The second-order valence-corrected chi connectivity index (χ2v) is 8.23. The van der Waals surface area contributed by atoms with E-state index in [2.05, 4.69) is 15.5 Å². The molecule has 1 unspecified atom stereocenters. The number of nitrogens with zero attached hydrogens (tertiary/aromatic N) is 2. The van der Waals surface area contributed by atoms with Crippen LogP contribution in [0.25, 0.3) is 0 Å². The van der Waals surface area contributed by atoms with Gasteiger partial charge in [-0.2, -0.15) is 0 Å². The first-order chi connectivity index (χ1) is 14.3. The van der Waals surface area contributed by atoms with Crippen molar-refractivity contribution >= 4 is 12.1 Å². The first kappa shape index (κ1) is 23.8. The molecule has 30 heavy (non-hydrogen) atoms. The van der Waals surface area contributed by atoms with Gasteiger partial charge in [-0.15, -0.1) is 0 Å². The molecule has 1 fully saturated rings. The maximum Gasteiger partial charge on any atom is 0.407 e. The molecular formula is C22H36N4O4. The highest BCUT2D eigenvalue weighted by Gasteiger charge is 2.27. The van der Waals surface area contributed by atoms with Crippen LogP contribution in [0.2, 0.25) is 0 Å². The molecule has 1 aliphatic rings. The third-order valence-corrected chi connectivity index (χ3v) is 4.43. The third kappa shape index (κ3) is 8.49. The number of carbonyl (C=O) groups excluding carboxylic acids is 1. The van der Waals surface area contributed by atoms with E-state index in [9.17, 15) is 4.79 Å². The molecule has 2 rings (SSSR count). The zero-order chi connectivity index (χ0) is 22.0. The smallest absolute Gasteiger partial charge is 0.407 e. The predicted octanol–water partition coefficient (Wildman–Crippen LogP) is 2.78. The molecule has 1 aliphatic heterocycles. The van der Waals surface area contributed by atoms with Gasteiger partial charge in [0.05, 0.1) is 19.2 Å². The summed E-state index contributed by atoms with van der Waals surface area (Å²) in [5.41, 5.74) is 0.607. The molecular weight excluding hydrogens is 384 g/mol. The quantitative estimate of drug-likeness (QED) is 0.382. The summed E-state index contributed by atoms with van der Waals surface area (Å²) in [6, 6.07) is 7.99. The van der Waals surface area contributed by atoms with Crippen molar-refractivity contribution in [3.8, 4) is 5.75 Å². The molecule has 8 nitrogen and oxygen atoms in total. The summed E-state index contributed by atoms with van der Waals surface area (Å²) in [6.07, 6.45) is 0.487. The van der Waals surface area contributed by atoms with E-state index in [0.29, 0.717) is 26.3 Å². The molecule has 0 spiro atoms. The molecule has 0 radical (unpaired) electrons. The number of aliphatic imine (C=N–C) groups is 1. The Morgan fingerprint density at radius 1 is 1.23 bits per heavy atom. The van der Waals surface area contributed by atoms with Gasteiger partial charge >= 0.3 is 6.09 Å². The minimum absolute atomic E-state index is 0.0484. The predicted molar refractivity (Wildman–Crippen MR) is 118 cm³/mol. The number of amides is 1. The van der Waals surface area contributed by atoms with E-state index in [0.717, 1.165) is 36.8 Å². The molecule has 1 atom stereocenters. The van der Waals surface area contributed by atoms with Crippen molar-refractivity contribution in [2.45, 2.75) is 52.3 Å². The van der Waals surface area contributed by atoms with Crippen LogP contribution in [0, 0.1) is 0 Å². The SMILES string of the molecule is CCNC(=NCc1ccc(OCCOC)cc1)N1CCC(NC(=O)OC(C)(C)C)C1. The van der Waals surface area contributed by atoms with Crippen molar-refractivity contribution in [3.63, 3.8) is 0 Å². The molecule has 168 valence electrons. The second-order valence-electron chi connectivity index (χ2n) is 8.23. The minimum Gasteiger partial charge on any atom is -0.491 e. The Balaban J connectivity index is 1.89. The topological polar surface area (TPSA) is 84.4 Å². The monoisotopic (exact) mass is 420 g/mol. The van der Waals surface area contributed by atoms with Crippen LogP contribution in [0.1, 0.15) is 39.7 Å². The van der Waals surface area contributed by atoms with E-state index in [1.165, 1.54) is 0 Å². The maximum absolute atomic E-state index is 12.0. The summed E-state index contributed by atoms with van der Waals surface area (Å²) >= 11 is 0. The number of methoxy groups -OCH3 is 1. The molecule has 0 aliphatic carbocycles. The van der Waals surface area contributed by atoms with Gasteiger partial charge in [0.25, 0.3) is 0 Å². The van der Waals surface area contributed by atoms with Crippen LogP contribution in [0.4, 0.5) is 4.79 Å². The zero-order valence-corrected chi connectivity index (χ0v) is 18.9. The summed E-state index contributed by atoms with van der Waals surface area (Å²) in [6.45, 7) is 11.6. The summed E-state index contributed by atoms with van der Waals surface area (Å²) in [5.74, 6) is 1.67. The van der Waals surface area contributed by atoms with Gasteiger partial charge in [0.15, 0.2) is 5.96 Å². The number of benzene rings is 1. The van der Waals surface area contributed by atoms with E-state index < -0.39 is 5.60 Å². The average molecular weight is 421 g/mol. The summed E-state index contributed by atoms with van der Waals surface area (Å²) < 4.78 is 15.9. The van der Waals surface area contributed by atoms with Crippen molar-refractivity contribution in [1.29, 1.82) is 0 Å². The fraction of sp³-hybridized carbons (Fsp3) is 0.636. The van der Waals surface area contributed by atoms with Crippen LogP contribution >= 0.6 is 0 Å². The second kappa shape index (κ2) is 11.6. The maximum atomic E-state index is 12.0. The van der Waals surface area contributed by atoms with Gasteiger partial charge < -0.3 is 29.7 Å². The number of guanidine groups is 1. The Kier molecular flexibility index (Phi) is 9.23. The lowest BCUT2D eigenvalue weighted by Crippen LogP contribution is -2.44. The molecule has 1 heterocycles.